The van der Waals surface area contributed by atoms with E-state index < -0.39 is 6.10 Å². The Kier molecular flexibility index (Phi) is 3.04. The molecule has 25 heavy (non-hydrogen) atoms. The van der Waals surface area contributed by atoms with Crippen molar-refractivity contribution in [1.82, 2.24) is 0 Å². The smallest absolute Gasteiger partial charge is 0.271 e. The normalized spacial score (nSPS) is 20.3. The van der Waals surface area contributed by atoms with Gasteiger partial charge in [-0.3, -0.25) is 9.69 Å². The molecular formula is C21H15NO3. The molecule has 0 saturated carbocycles. The van der Waals surface area contributed by atoms with Crippen LogP contribution in [0.1, 0.15) is 11.6 Å². The van der Waals surface area contributed by atoms with Crippen LogP contribution in [0.15, 0.2) is 78.9 Å². The molecule has 0 radical (unpaired) electrons. The van der Waals surface area contributed by atoms with Gasteiger partial charge in [-0.25, -0.2) is 0 Å². The Morgan fingerprint density at radius 2 is 1.48 bits per heavy atom. The first-order valence-electron chi connectivity index (χ1n) is 8.23. The second-order valence-corrected chi connectivity index (χ2v) is 6.11. The van der Waals surface area contributed by atoms with Crippen molar-refractivity contribution in [3.8, 4) is 17.2 Å². The summed E-state index contributed by atoms with van der Waals surface area (Å²) in [6.07, 6.45) is -0.557. The third-order valence-electron chi connectivity index (χ3n) is 4.63. The van der Waals surface area contributed by atoms with Crippen LogP contribution >= 0.6 is 0 Å². The Morgan fingerprint density at radius 3 is 2.32 bits per heavy atom. The zero-order valence-electron chi connectivity index (χ0n) is 13.3. The minimum Gasteiger partial charge on any atom is -0.478 e. The van der Waals surface area contributed by atoms with Gasteiger partial charge in [0.1, 0.15) is 17.5 Å². The minimum atomic E-state index is -0.557. The number of nitrogens with zero attached hydrogens (tertiary/aromatic N) is 1. The highest BCUT2D eigenvalue weighted by Crippen LogP contribution is 2.50. The highest BCUT2D eigenvalue weighted by atomic mass is 16.5. The number of hydrogen-bond donors (Lipinski definition) is 0. The number of rotatable bonds is 2. The van der Waals surface area contributed by atoms with Gasteiger partial charge in [-0.1, -0.05) is 48.5 Å². The van der Waals surface area contributed by atoms with Gasteiger partial charge in [-0.05, 0) is 30.3 Å². The van der Waals surface area contributed by atoms with Gasteiger partial charge in [0, 0.05) is 5.56 Å². The Hall–Kier alpha value is -3.27. The Labute approximate surface area is 145 Å². The molecule has 2 atom stereocenters. The number of carbonyl (C=O) groups is 1. The molecule has 1 saturated heterocycles. The number of ether oxygens (including phenoxy) is 2. The summed E-state index contributed by atoms with van der Waals surface area (Å²) in [4.78, 5) is 14.6. The first-order valence-corrected chi connectivity index (χ1v) is 8.23. The molecule has 0 aromatic heterocycles. The van der Waals surface area contributed by atoms with E-state index in [0.717, 1.165) is 17.0 Å². The van der Waals surface area contributed by atoms with Crippen LogP contribution in [0.2, 0.25) is 0 Å². The zero-order valence-corrected chi connectivity index (χ0v) is 13.3. The lowest BCUT2D eigenvalue weighted by Gasteiger charge is -2.45. The molecule has 3 aromatic carbocycles. The summed E-state index contributed by atoms with van der Waals surface area (Å²) < 4.78 is 12.1. The molecule has 1 fully saturated rings. The Morgan fingerprint density at radius 1 is 0.800 bits per heavy atom. The van der Waals surface area contributed by atoms with Crippen LogP contribution < -0.4 is 14.4 Å². The quantitative estimate of drug-likeness (QED) is 0.657. The minimum absolute atomic E-state index is 0.0541. The summed E-state index contributed by atoms with van der Waals surface area (Å²) in [6, 6.07) is 24.7. The van der Waals surface area contributed by atoms with Gasteiger partial charge < -0.3 is 9.47 Å². The molecule has 2 heterocycles. The average Bonchev–Trinajstić information content (AvgIpc) is 2.79. The summed E-state index contributed by atoms with van der Waals surface area (Å²) in [7, 11) is 0. The number of β-lactam (4-membered cyclic amide) rings is 1. The van der Waals surface area contributed by atoms with E-state index in [1.165, 1.54) is 0 Å². The van der Waals surface area contributed by atoms with Crippen LogP contribution in [0, 0.1) is 0 Å². The highest BCUT2D eigenvalue weighted by Gasteiger charge is 2.53. The number of anilines is 1. The monoisotopic (exact) mass is 329 g/mol. The molecule has 0 N–H and O–H groups in total. The maximum atomic E-state index is 12.9. The van der Waals surface area contributed by atoms with Gasteiger partial charge in [0.15, 0.2) is 5.75 Å². The largest absolute Gasteiger partial charge is 0.478 e. The van der Waals surface area contributed by atoms with Gasteiger partial charge in [0.05, 0.1) is 5.69 Å². The summed E-state index contributed by atoms with van der Waals surface area (Å²) in [6.45, 7) is 0. The molecule has 5 rings (SSSR count). The number of amides is 1. The van der Waals surface area contributed by atoms with E-state index in [4.69, 9.17) is 9.47 Å². The van der Waals surface area contributed by atoms with Crippen molar-refractivity contribution >= 4 is 11.6 Å². The van der Waals surface area contributed by atoms with E-state index in [0.29, 0.717) is 11.5 Å². The van der Waals surface area contributed by atoms with Gasteiger partial charge in [-0.15, -0.1) is 0 Å². The van der Waals surface area contributed by atoms with Crippen molar-refractivity contribution in [1.29, 1.82) is 0 Å². The molecule has 0 spiro atoms. The van der Waals surface area contributed by atoms with E-state index in [2.05, 4.69) is 0 Å². The lowest BCUT2D eigenvalue weighted by Crippen LogP contribution is -2.61. The lowest BCUT2D eigenvalue weighted by atomic mass is 9.89. The van der Waals surface area contributed by atoms with Crippen molar-refractivity contribution in [2.45, 2.75) is 12.1 Å². The second-order valence-electron chi connectivity index (χ2n) is 6.11. The molecular weight excluding hydrogens is 314 g/mol. The van der Waals surface area contributed by atoms with Crippen LogP contribution in [0.5, 0.6) is 17.2 Å². The number of hydrogen-bond acceptors (Lipinski definition) is 3. The predicted molar refractivity (Wildman–Crippen MR) is 94.0 cm³/mol. The van der Waals surface area contributed by atoms with Gasteiger partial charge in [-0.2, -0.15) is 0 Å². The number of carbonyl (C=O) groups excluding carboxylic acids is 1. The summed E-state index contributed by atoms with van der Waals surface area (Å²) in [5, 5.41) is 0. The number of fused-ring (bicyclic) bond motifs is 5. The molecule has 122 valence electrons. The van der Waals surface area contributed by atoms with E-state index in [1.807, 2.05) is 78.9 Å². The number of benzene rings is 3. The predicted octanol–water partition coefficient (Wildman–Crippen LogP) is 4.33. The van der Waals surface area contributed by atoms with E-state index in [9.17, 15) is 4.79 Å². The van der Waals surface area contributed by atoms with Crippen LogP contribution in [0.3, 0.4) is 0 Å². The summed E-state index contributed by atoms with van der Waals surface area (Å²) in [5.41, 5.74) is 1.74. The van der Waals surface area contributed by atoms with Crippen LogP contribution in [0.4, 0.5) is 5.69 Å². The molecule has 2 aliphatic heterocycles. The van der Waals surface area contributed by atoms with Gasteiger partial charge in [0.25, 0.3) is 5.91 Å². The molecule has 0 aliphatic carbocycles. The molecule has 3 aromatic rings. The van der Waals surface area contributed by atoms with E-state index in [-0.39, 0.29) is 11.9 Å². The maximum Gasteiger partial charge on any atom is 0.271 e. The highest BCUT2D eigenvalue weighted by molar-refractivity contribution is 6.07. The second kappa shape index (κ2) is 5.38. The molecule has 4 nitrogen and oxygen atoms in total. The summed E-state index contributed by atoms with van der Waals surface area (Å²) >= 11 is 0. The number of para-hydroxylation sites is 4. The molecule has 0 bridgehead atoms. The lowest BCUT2D eigenvalue weighted by molar-refractivity contribution is -0.134. The Bertz CT molecular complexity index is 954. The standard InChI is InChI=1S/C21H15NO3/c23-21-20(24-14-8-2-1-3-9-14)19-15-10-4-6-12-17(15)25-18-13-7-5-11-16(18)22(19)21/h1-13,19-20H/t19-,20-/m1/s1. The van der Waals surface area contributed by atoms with E-state index in [1.54, 1.807) is 4.90 Å². The molecule has 2 aliphatic rings. The molecule has 4 heteroatoms. The molecule has 0 unspecified atom stereocenters. The summed E-state index contributed by atoms with van der Waals surface area (Å²) in [5.74, 6) is 2.08. The Balaban J connectivity index is 1.61. The van der Waals surface area contributed by atoms with Crippen molar-refractivity contribution < 1.29 is 14.3 Å². The van der Waals surface area contributed by atoms with Crippen LogP contribution in [-0.2, 0) is 4.79 Å². The van der Waals surface area contributed by atoms with E-state index >= 15 is 0 Å². The SMILES string of the molecule is O=C1[C@H](Oc2ccccc2)[C@H]2c3ccccc3Oc3ccccc3N12. The first-order chi connectivity index (χ1) is 12.3. The van der Waals surface area contributed by atoms with Crippen molar-refractivity contribution in [2.24, 2.45) is 0 Å². The topological polar surface area (TPSA) is 38.8 Å². The van der Waals surface area contributed by atoms with Gasteiger partial charge >= 0.3 is 0 Å². The first kappa shape index (κ1) is 14.1. The third kappa shape index (κ3) is 2.11. The fourth-order valence-electron chi connectivity index (χ4n) is 3.47. The average molecular weight is 329 g/mol. The van der Waals surface area contributed by atoms with Crippen molar-refractivity contribution in [3.05, 3.63) is 84.4 Å². The van der Waals surface area contributed by atoms with Crippen LogP contribution in [-0.4, -0.2) is 12.0 Å². The van der Waals surface area contributed by atoms with Crippen LogP contribution in [0.25, 0.3) is 0 Å². The fourth-order valence-corrected chi connectivity index (χ4v) is 3.47. The third-order valence-corrected chi connectivity index (χ3v) is 4.63. The zero-order chi connectivity index (χ0) is 16.8. The maximum absolute atomic E-state index is 12.9. The van der Waals surface area contributed by atoms with Gasteiger partial charge in [0.2, 0.25) is 6.10 Å². The fraction of sp³-hybridized carbons (Fsp3) is 0.0952. The molecule has 1 amide bonds. The van der Waals surface area contributed by atoms with Crippen molar-refractivity contribution in [2.75, 3.05) is 4.90 Å². The van der Waals surface area contributed by atoms with Crippen molar-refractivity contribution in [3.63, 3.8) is 0 Å².